The number of ether oxygens (including phenoxy) is 1. The Bertz CT molecular complexity index is 900. The van der Waals surface area contributed by atoms with Crippen LogP contribution in [-0.4, -0.2) is 23.0 Å². The zero-order chi connectivity index (χ0) is 18.4. The minimum absolute atomic E-state index is 0.267. The van der Waals surface area contributed by atoms with E-state index < -0.39 is 0 Å². The summed E-state index contributed by atoms with van der Waals surface area (Å²) < 4.78 is 5.13. The molecule has 26 heavy (non-hydrogen) atoms. The fraction of sp³-hybridized carbons (Fsp3) is 0.105. The molecule has 2 N–H and O–H groups in total. The van der Waals surface area contributed by atoms with Crippen molar-refractivity contribution in [2.75, 3.05) is 12.4 Å². The molecule has 1 amide bonds. The molecule has 132 valence electrons. The number of rotatable bonds is 6. The third-order valence-corrected chi connectivity index (χ3v) is 4.03. The van der Waals surface area contributed by atoms with E-state index in [2.05, 4.69) is 20.6 Å². The highest BCUT2D eigenvalue weighted by Crippen LogP contribution is 2.19. The smallest absolute Gasteiger partial charge is 0.270 e. The number of carbonyl (C=O) groups excluding carboxylic acids is 1. The number of carbonyl (C=O) groups is 1. The van der Waals surface area contributed by atoms with Crippen LogP contribution in [0.25, 0.3) is 0 Å². The number of aromatic nitrogens is 2. The Hall–Kier alpha value is -3.12. The molecule has 7 heteroatoms. The van der Waals surface area contributed by atoms with Gasteiger partial charge in [-0.15, -0.1) is 0 Å². The van der Waals surface area contributed by atoms with Crippen molar-refractivity contribution in [1.29, 1.82) is 0 Å². The van der Waals surface area contributed by atoms with Gasteiger partial charge in [-0.05, 0) is 35.9 Å². The molecule has 2 aromatic carbocycles. The average Bonchev–Trinajstić information content (AvgIpc) is 2.68. The summed E-state index contributed by atoms with van der Waals surface area (Å²) in [5.74, 6) is 0.982. The van der Waals surface area contributed by atoms with Crippen LogP contribution < -0.4 is 15.4 Å². The molecule has 0 atom stereocenters. The van der Waals surface area contributed by atoms with Gasteiger partial charge in [0.25, 0.3) is 5.91 Å². The van der Waals surface area contributed by atoms with Gasteiger partial charge in [0.15, 0.2) is 0 Å². The lowest BCUT2D eigenvalue weighted by Gasteiger charge is -2.09. The highest BCUT2D eigenvalue weighted by atomic mass is 35.5. The Labute approximate surface area is 156 Å². The summed E-state index contributed by atoms with van der Waals surface area (Å²) >= 11 is 6.09. The maximum absolute atomic E-state index is 12.3. The Morgan fingerprint density at radius 3 is 2.62 bits per heavy atom. The van der Waals surface area contributed by atoms with Crippen molar-refractivity contribution in [3.05, 3.63) is 77.2 Å². The van der Waals surface area contributed by atoms with E-state index in [1.165, 1.54) is 6.33 Å². The van der Waals surface area contributed by atoms with Crippen LogP contribution in [0.3, 0.4) is 0 Å². The summed E-state index contributed by atoms with van der Waals surface area (Å²) in [4.78, 5) is 20.5. The molecule has 0 fully saturated rings. The molecule has 0 aliphatic rings. The summed E-state index contributed by atoms with van der Waals surface area (Å²) in [6, 6.07) is 16.3. The molecule has 0 radical (unpaired) electrons. The molecule has 0 saturated carbocycles. The van der Waals surface area contributed by atoms with Crippen molar-refractivity contribution in [2.24, 2.45) is 0 Å². The maximum Gasteiger partial charge on any atom is 0.270 e. The molecule has 0 bridgehead atoms. The van der Waals surface area contributed by atoms with Crippen molar-refractivity contribution < 1.29 is 9.53 Å². The number of amides is 1. The molecule has 0 aliphatic carbocycles. The lowest BCUT2D eigenvalue weighted by atomic mass is 10.2. The first-order valence-electron chi connectivity index (χ1n) is 7.90. The quantitative estimate of drug-likeness (QED) is 0.691. The van der Waals surface area contributed by atoms with E-state index in [1.54, 1.807) is 19.2 Å². The average molecular weight is 369 g/mol. The van der Waals surface area contributed by atoms with Crippen LogP contribution >= 0.6 is 11.6 Å². The minimum Gasteiger partial charge on any atom is -0.497 e. The maximum atomic E-state index is 12.3. The minimum atomic E-state index is -0.301. The van der Waals surface area contributed by atoms with E-state index in [1.807, 2.05) is 42.5 Å². The van der Waals surface area contributed by atoms with Gasteiger partial charge in [-0.2, -0.15) is 0 Å². The number of anilines is 2. The molecular formula is C19H17ClN4O2. The SMILES string of the molecule is COc1ccc(Nc2cc(C(=O)NCc3ccccc3Cl)ncn2)cc1. The fourth-order valence-electron chi connectivity index (χ4n) is 2.28. The number of nitrogens with zero attached hydrogens (tertiary/aromatic N) is 2. The molecule has 1 heterocycles. The number of benzene rings is 2. The van der Waals surface area contributed by atoms with Gasteiger partial charge < -0.3 is 15.4 Å². The van der Waals surface area contributed by atoms with Crippen molar-refractivity contribution in [3.8, 4) is 5.75 Å². The van der Waals surface area contributed by atoms with Crippen LogP contribution in [0.4, 0.5) is 11.5 Å². The van der Waals surface area contributed by atoms with Crippen LogP contribution in [0.15, 0.2) is 60.9 Å². The van der Waals surface area contributed by atoms with Gasteiger partial charge in [0.05, 0.1) is 7.11 Å². The molecule has 6 nitrogen and oxygen atoms in total. The first-order valence-corrected chi connectivity index (χ1v) is 8.28. The summed E-state index contributed by atoms with van der Waals surface area (Å²) in [5, 5.41) is 6.54. The zero-order valence-corrected chi connectivity index (χ0v) is 14.8. The molecule has 1 aromatic heterocycles. The standard InChI is InChI=1S/C19H17ClN4O2/c1-26-15-8-6-14(7-9-15)24-18-10-17(22-12-23-18)19(25)21-11-13-4-2-3-5-16(13)20/h2-10,12H,11H2,1H3,(H,21,25)(H,22,23,24). The summed E-state index contributed by atoms with van der Waals surface area (Å²) in [6.45, 7) is 0.323. The van der Waals surface area contributed by atoms with Gasteiger partial charge in [-0.25, -0.2) is 9.97 Å². The van der Waals surface area contributed by atoms with Crippen molar-refractivity contribution in [2.45, 2.75) is 6.54 Å². The normalized spacial score (nSPS) is 10.2. The topological polar surface area (TPSA) is 76.1 Å². The fourth-order valence-corrected chi connectivity index (χ4v) is 2.48. The van der Waals surface area contributed by atoms with Gasteiger partial charge >= 0.3 is 0 Å². The van der Waals surface area contributed by atoms with E-state index in [4.69, 9.17) is 16.3 Å². The van der Waals surface area contributed by atoms with Crippen molar-refractivity contribution in [3.63, 3.8) is 0 Å². The second-order valence-corrected chi connectivity index (χ2v) is 5.82. The molecule has 3 rings (SSSR count). The second-order valence-electron chi connectivity index (χ2n) is 5.42. The van der Waals surface area contributed by atoms with E-state index in [0.29, 0.717) is 17.4 Å². The number of hydrogen-bond acceptors (Lipinski definition) is 5. The van der Waals surface area contributed by atoms with Crippen LogP contribution in [-0.2, 0) is 6.54 Å². The first kappa shape index (κ1) is 17.7. The Balaban J connectivity index is 1.66. The Kier molecular flexibility index (Phi) is 5.66. The molecule has 0 aliphatic heterocycles. The predicted octanol–water partition coefficient (Wildman–Crippen LogP) is 3.81. The number of halogens is 1. The predicted molar refractivity (Wildman–Crippen MR) is 101 cm³/mol. The van der Waals surface area contributed by atoms with Crippen LogP contribution in [0.1, 0.15) is 16.1 Å². The highest BCUT2D eigenvalue weighted by Gasteiger charge is 2.10. The van der Waals surface area contributed by atoms with Gasteiger partial charge in [-0.3, -0.25) is 4.79 Å². The van der Waals surface area contributed by atoms with Crippen molar-refractivity contribution in [1.82, 2.24) is 15.3 Å². The molecule has 0 saturated heterocycles. The third-order valence-electron chi connectivity index (χ3n) is 3.66. The lowest BCUT2D eigenvalue weighted by molar-refractivity contribution is 0.0946. The van der Waals surface area contributed by atoms with E-state index in [9.17, 15) is 4.79 Å². The Morgan fingerprint density at radius 2 is 1.88 bits per heavy atom. The molecule has 3 aromatic rings. The molecule has 0 unspecified atom stereocenters. The van der Waals surface area contributed by atoms with Gasteiger partial charge in [-0.1, -0.05) is 29.8 Å². The number of methoxy groups -OCH3 is 1. The largest absolute Gasteiger partial charge is 0.497 e. The van der Waals surface area contributed by atoms with Gasteiger partial charge in [0, 0.05) is 23.3 Å². The summed E-state index contributed by atoms with van der Waals surface area (Å²) in [7, 11) is 1.61. The summed E-state index contributed by atoms with van der Waals surface area (Å²) in [6.07, 6.45) is 1.34. The van der Waals surface area contributed by atoms with E-state index in [-0.39, 0.29) is 11.6 Å². The monoisotopic (exact) mass is 368 g/mol. The second kappa shape index (κ2) is 8.31. The van der Waals surface area contributed by atoms with Crippen LogP contribution in [0.5, 0.6) is 5.75 Å². The van der Waals surface area contributed by atoms with E-state index in [0.717, 1.165) is 17.0 Å². The third kappa shape index (κ3) is 4.49. The van der Waals surface area contributed by atoms with Crippen molar-refractivity contribution >= 4 is 29.0 Å². The Morgan fingerprint density at radius 1 is 1.12 bits per heavy atom. The first-order chi connectivity index (χ1) is 12.7. The number of hydrogen-bond donors (Lipinski definition) is 2. The van der Waals surface area contributed by atoms with Crippen LogP contribution in [0.2, 0.25) is 5.02 Å². The van der Waals surface area contributed by atoms with Gasteiger partial charge in [0.2, 0.25) is 0 Å². The van der Waals surface area contributed by atoms with Crippen LogP contribution in [0, 0.1) is 0 Å². The molecular weight excluding hydrogens is 352 g/mol. The highest BCUT2D eigenvalue weighted by molar-refractivity contribution is 6.31. The molecule has 0 spiro atoms. The summed E-state index contributed by atoms with van der Waals surface area (Å²) in [5.41, 5.74) is 1.93. The zero-order valence-electron chi connectivity index (χ0n) is 14.1. The van der Waals surface area contributed by atoms with E-state index >= 15 is 0 Å². The lowest BCUT2D eigenvalue weighted by Crippen LogP contribution is -2.24. The van der Waals surface area contributed by atoms with Gasteiger partial charge in [0.1, 0.15) is 23.6 Å². The number of nitrogens with one attached hydrogen (secondary N) is 2.